The van der Waals surface area contributed by atoms with Gasteiger partial charge in [0.25, 0.3) is 0 Å². The summed E-state index contributed by atoms with van der Waals surface area (Å²) in [6.07, 6.45) is 5.28. The van der Waals surface area contributed by atoms with Gasteiger partial charge in [-0.2, -0.15) is 10.2 Å². The molecule has 0 fully saturated rings. The smallest absolute Gasteiger partial charge is 0.153 e. The molecule has 30 heavy (non-hydrogen) atoms. The zero-order valence-corrected chi connectivity index (χ0v) is 16.7. The summed E-state index contributed by atoms with van der Waals surface area (Å²) < 4.78 is 1.97. The van der Waals surface area contributed by atoms with Gasteiger partial charge in [0, 0.05) is 18.0 Å². The minimum atomic E-state index is 0.321. The number of rotatable bonds is 4. The summed E-state index contributed by atoms with van der Waals surface area (Å²) in [5, 5.41) is 9.59. The third kappa shape index (κ3) is 3.48. The van der Waals surface area contributed by atoms with E-state index in [1.165, 1.54) is 5.56 Å². The maximum absolute atomic E-state index is 4.83. The first kappa shape index (κ1) is 18.2. The van der Waals surface area contributed by atoms with Gasteiger partial charge in [-0.3, -0.25) is 5.43 Å². The van der Waals surface area contributed by atoms with Crippen molar-refractivity contribution in [1.29, 1.82) is 0 Å². The molecule has 1 aromatic carbocycles. The van der Waals surface area contributed by atoms with Crippen LogP contribution < -0.4 is 5.43 Å². The van der Waals surface area contributed by atoms with Gasteiger partial charge in [-0.25, -0.2) is 14.6 Å². The van der Waals surface area contributed by atoms with Crippen LogP contribution in [0.1, 0.15) is 34.9 Å². The lowest BCUT2D eigenvalue weighted by Gasteiger charge is -2.25. The topological polar surface area (TPSA) is 68.0 Å². The van der Waals surface area contributed by atoms with Crippen LogP contribution in [0.5, 0.6) is 0 Å². The zero-order chi connectivity index (χ0) is 20.3. The van der Waals surface area contributed by atoms with Crippen molar-refractivity contribution in [3.63, 3.8) is 0 Å². The van der Waals surface area contributed by atoms with E-state index in [1.54, 1.807) is 12.4 Å². The van der Waals surface area contributed by atoms with Crippen molar-refractivity contribution in [1.82, 2.24) is 19.7 Å². The van der Waals surface area contributed by atoms with Crippen molar-refractivity contribution in [2.45, 2.75) is 25.7 Å². The Kier molecular flexibility index (Phi) is 4.81. The normalized spacial score (nSPS) is 17.0. The third-order valence-corrected chi connectivity index (χ3v) is 5.43. The number of pyridine rings is 2. The van der Waals surface area contributed by atoms with E-state index in [0.29, 0.717) is 5.92 Å². The number of aromatic nitrogens is 4. The predicted molar refractivity (Wildman–Crippen MR) is 118 cm³/mol. The fraction of sp³-hybridized carbons (Fsp3) is 0.167. The van der Waals surface area contributed by atoms with Crippen LogP contribution in [-0.2, 0) is 6.42 Å². The molecule has 1 atom stereocenters. The Balaban J connectivity index is 1.60. The van der Waals surface area contributed by atoms with Gasteiger partial charge in [0.1, 0.15) is 5.82 Å². The van der Waals surface area contributed by atoms with Crippen LogP contribution >= 0.6 is 0 Å². The molecule has 3 heterocycles. The molecule has 1 aliphatic carbocycles. The van der Waals surface area contributed by atoms with Crippen LogP contribution in [-0.4, -0.2) is 25.5 Å². The van der Waals surface area contributed by atoms with Gasteiger partial charge in [-0.1, -0.05) is 42.5 Å². The highest BCUT2D eigenvalue weighted by atomic mass is 15.3. The first-order valence-corrected chi connectivity index (χ1v) is 10.1. The molecule has 3 aromatic heterocycles. The monoisotopic (exact) mass is 394 g/mol. The van der Waals surface area contributed by atoms with E-state index in [4.69, 9.17) is 10.2 Å². The average molecular weight is 394 g/mol. The number of fused-ring (bicyclic) bond motifs is 1. The second kappa shape index (κ2) is 7.91. The summed E-state index contributed by atoms with van der Waals surface area (Å²) in [6.45, 7) is 2.04. The second-order valence-electron chi connectivity index (χ2n) is 7.41. The van der Waals surface area contributed by atoms with E-state index in [2.05, 4.69) is 45.7 Å². The highest BCUT2D eigenvalue weighted by Crippen LogP contribution is 2.35. The molecule has 1 unspecified atom stereocenters. The molecule has 5 rings (SSSR count). The number of hydrazone groups is 1. The third-order valence-electron chi connectivity index (χ3n) is 5.43. The summed E-state index contributed by atoms with van der Waals surface area (Å²) in [7, 11) is 0. The Bertz CT molecular complexity index is 1170. The summed E-state index contributed by atoms with van der Waals surface area (Å²) >= 11 is 0. The number of hydrogen-bond donors (Lipinski definition) is 1. The average Bonchev–Trinajstić information content (AvgIpc) is 3.16. The first-order valence-electron chi connectivity index (χ1n) is 10.1. The Morgan fingerprint density at radius 3 is 2.40 bits per heavy atom. The van der Waals surface area contributed by atoms with Gasteiger partial charge in [0.15, 0.2) is 5.82 Å². The van der Waals surface area contributed by atoms with Crippen LogP contribution in [0.3, 0.4) is 0 Å². The van der Waals surface area contributed by atoms with Crippen molar-refractivity contribution in [2.24, 2.45) is 5.10 Å². The van der Waals surface area contributed by atoms with Crippen LogP contribution in [0.25, 0.3) is 5.82 Å². The second-order valence-corrected chi connectivity index (χ2v) is 7.41. The highest BCUT2D eigenvalue weighted by Gasteiger charge is 2.31. The molecular formula is C24H22N6. The molecule has 0 saturated carbocycles. The number of nitrogens with one attached hydrogen (secondary N) is 1. The van der Waals surface area contributed by atoms with E-state index >= 15 is 0 Å². The first-order chi connectivity index (χ1) is 14.8. The maximum Gasteiger partial charge on any atom is 0.153 e. The molecule has 6 nitrogen and oxygen atoms in total. The van der Waals surface area contributed by atoms with E-state index < -0.39 is 0 Å². The quantitative estimate of drug-likeness (QED) is 0.517. The lowest BCUT2D eigenvalue weighted by molar-refractivity contribution is 0.651. The lowest BCUT2D eigenvalue weighted by Crippen LogP contribution is -2.22. The van der Waals surface area contributed by atoms with E-state index in [-0.39, 0.29) is 0 Å². The predicted octanol–water partition coefficient (Wildman–Crippen LogP) is 4.52. The number of nitrogens with zero attached hydrogens (tertiary/aromatic N) is 5. The van der Waals surface area contributed by atoms with Gasteiger partial charge in [-0.15, -0.1) is 0 Å². The molecule has 148 valence electrons. The molecule has 6 heteroatoms. The molecule has 0 radical (unpaired) electrons. The fourth-order valence-corrected chi connectivity index (χ4v) is 4.06. The van der Waals surface area contributed by atoms with Crippen molar-refractivity contribution in [2.75, 3.05) is 5.43 Å². The summed E-state index contributed by atoms with van der Waals surface area (Å²) in [6, 6.07) is 22.3. The molecular weight excluding hydrogens is 372 g/mol. The van der Waals surface area contributed by atoms with Gasteiger partial charge in [0.2, 0.25) is 0 Å². The summed E-state index contributed by atoms with van der Waals surface area (Å²) in [4.78, 5) is 8.84. The van der Waals surface area contributed by atoms with Gasteiger partial charge in [0.05, 0.1) is 17.1 Å². The Labute approximate surface area is 175 Å². The number of aryl methyl sites for hydroxylation is 1. The fourth-order valence-electron chi connectivity index (χ4n) is 4.06. The molecule has 1 aliphatic rings. The molecule has 0 aliphatic heterocycles. The van der Waals surface area contributed by atoms with Crippen molar-refractivity contribution in [3.05, 3.63) is 102 Å². The summed E-state index contributed by atoms with van der Waals surface area (Å²) in [5.74, 6) is 1.87. The minimum absolute atomic E-state index is 0.321. The molecule has 0 bridgehead atoms. The minimum Gasteiger partial charge on any atom is -0.261 e. The van der Waals surface area contributed by atoms with E-state index in [9.17, 15) is 0 Å². The largest absolute Gasteiger partial charge is 0.261 e. The highest BCUT2D eigenvalue weighted by molar-refractivity contribution is 6.04. The number of benzene rings is 1. The molecule has 4 aromatic rings. The molecule has 0 spiro atoms. The maximum atomic E-state index is 4.83. The van der Waals surface area contributed by atoms with Crippen molar-refractivity contribution >= 4 is 11.5 Å². The lowest BCUT2D eigenvalue weighted by atomic mass is 9.81. The molecule has 1 N–H and O–H groups in total. The zero-order valence-electron chi connectivity index (χ0n) is 16.7. The van der Waals surface area contributed by atoms with Crippen LogP contribution in [0.2, 0.25) is 0 Å². The number of hydrogen-bond acceptors (Lipinski definition) is 5. The van der Waals surface area contributed by atoms with E-state index in [0.717, 1.165) is 47.1 Å². The molecule has 0 saturated heterocycles. The van der Waals surface area contributed by atoms with Crippen LogP contribution in [0.4, 0.5) is 5.82 Å². The van der Waals surface area contributed by atoms with Gasteiger partial charge >= 0.3 is 0 Å². The number of anilines is 1. The Morgan fingerprint density at radius 2 is 1.67 bits per heavy atom. The van der Waals surface area contributed by atoms with Gasteiger partial charge < -0.3 is 0 Å². The Hall–Kier alpha value is -3.80. The van der Waals surface area contributed by atoms with Crippen LogP contribution in [0.15, 0.2) is 84.2 Å². The van der Waals surface area contributed by atoms with E-state index in [1.807, 2.05) is 48.0 Å². The summed E-state index contributed by atoms with van der Waals surface area (Å²) in [5.41, 5.74) is 8.64. The van der Waals surface area contributed by atoms with Crippen LogP contribution in [0, 0.1) is 6.92 Å². The SMILES string of the molecule is Cc1nn(-c2ccccn2)c2c1/C(=N/Nc1ccccn1)CC(c1ccccc1)C2. The van der Waals surface area contributed by atoms with Gasteiger partial charge in [-0.05, 0) is 55.5 Å². The van der Waals surface area contributed by atoms with Crippen molar-refractivity contribution < 1.29 is 0 Å². The molecule has 0 amide bonds. The Morgan fingerprint density at radius 1 is 0.900 bits per heavy atom. The van der Waals surface area contributed by atoms with Crippen molar-refractivity contribution in [3.8, 4) is 5.82 Å². The standard InChI is InChI=1S/C24H22N6/c1-17-24-20(27-28-22-11-5-7-13-25-22)15-19(18-9-3-2-4-10-18)16-21(24)30(29-17)23-12-6-8-14-26-23/h2-14,19H,15-16H2,1H3,(H,25,28)/b27-20+.